The molecule has 1 aromatic heterocycles. The van der Waals surface area contributed by atoms with E-state index in [1.807, 2.05) is 6.07 Å². The fourth-order valence-electron chi connectivity index (χ4n) is 4.60. The maximum absolute atomic E-state index is 13.0. The molecule has 4 saturated heterocycles. The highest BCUT2D eigenvalue weighted by molar-refractivity contribution is 5.99. The first kappa shape index (κ1) is 11.1. The van der Waals surface area contributed by atoms with E-state index < -0.39 is 0 Å². The smallest absolute Gasteiger partial charge is 0.151 e. The van der Waals surface area contributed by atoms with Crippen LogP contribution in [0, 0.1) is 5.92 Å². The zero-order valence-electron chi connectivity index (χ0n) is 11.3. The normalized spacial score (nSPS) is 38.8. The third kappa shape index (κ3) is 1.21. The fourth-order valence-corrected chi connectivity index (χ4v) is 4.60. The van der Waals surface area contributed by atoms with Crippen LogP contribution in [0.2, 0.25) is 0 Å². The van der Waals surface area contributed by atoms with E-state index in [0.29, 0.717) is 5.78 Å². The van der Waals surface area contributed by atoms with Crippen LogP contribution in [-0.4, -0.2) is 53.4 Å². The molecule has 5 heterocycles. The summed E-state index contributed by atoms with van der Waals surface area (Å²) in [6.07, 6.45) is 2.07. The topological polar surface area (TPSA) is 39.3 Å². The highest BCUT2D eigenvalue weighted by Gasteiger charge is 2.57. The molecule has 1 aromatic carbocycles. The number of fused-ring (bicyclic) bond motifs is 1. The number of carbonyl (C=O) groups is 1. The second-order valence-corrected chi connectivity index (χ2v) is 6.56. The van der Waals surface area contributed by atoms with Crippen LogP contribution in [0.15, 0.2) is 30.5 Å². The van der Waals surface area contributed by atoms with Crippen molar-refractivity contribution in [2.75, 3.05) is 32.8 Å². The summed E-state index contributed by atoms with van der Waals surface area (Å²) in [7, 11) is 0. The maximum atomic E-state index is 13.0. The zero-order chi connectivity index (χ0) is 13.3. The summed E-state index contributed by atoms with van der Waals surface area (Å²) < 4.78 is 0. The molecule has 102 valence electrons. The number of benzene rings is 1. The summed E-state index contributed by atoms with van der Waals surface area (Å²) in [6, 6.07) is 8.32. The van der Waals surface area contributed by atoms with E-state index in [1.54, 1.807) is 0 Å². The minimum absolute atomic E-state index is 0.208. The second-order valence-electron chi connectivity index (χ2n) is 6.56. The molecule has 4 aliphatic heterocycles. The summed E-state index contributed by atoms with van der Waals surface area (Å²) in [4.78, 5) is 21.2. The lowest BCUT2D eigenvalue weighted by atomic mass is 9.65. The van der Waals surface area contributed by atoms with Crippen molar-refractivity contribution in [3.8, 4) is 0 Å². The fraction of sp³-hybridized carbons (Fsp3) is 0.438. The number of nitrogens with zero attached hydrogens (tertiary/aromatic N) is 2. The van der Waals surface area contributed by atoms with E-state index in [-0.39, 0.29) is 11.3 Å². The molecule has 1 N–H and O–H groups in total. The monoisotopic (exact) mass is 267 g/mol. The number of aromatic amines is 1. The Balaban J connectivity index is 1.74. The standard InChI is InChI=1S/C16H17N3O/c20-15-11-6-18-8-16(15,9-19(7-11)10-18)13-5-17-14-4-2-1-3-12(13)14/h1-5,11,17H,6-10H2. The van der Waals surface area contributed by atoms with Gasteiger partial charge in [-0.05, 0) is 11.6 Å². The molecule has 4 bridgehead atoms. The number of para-hydroxylation sites is 1. The Morgan fingerprint density at radius 3 is 2.70 bits per heavy atom. The van der Waals surface area contributed by atoms with Gasteiger partial charge in [-0.2, -0.15) is 0 Å². The largest absolute Gasteiger partial charge is 0.361 e. The Kier molecular flexibility index (Phi) is 1.94. The van der Waals surface area contributed by atoms with Gasteiger partial charge in [-0.3, -0.25) is 14.6 Å². The predicted molar refractivity (Wildman–Crippen MR) is 76.5 cm³/mol. The predicted octanol–water partition coefficient (Wildman–Crippen LogP) is 1.19. The van der Waals surface area contributed by atoms with Gasteiger partial charge in [0.1, 0.15) is 0 Å². The second kappa shape index (κ2) is 3.51. The van der Waals surface area contributed by atoms with Crippen molar-refractivity contribution in [3.63, 3.8) is 0 Å². The van der Waals surface area contributed by atoms with Crippen LogP contribution in [0.4, 0.5) is 0 Å². The van der Waals surface area contributed by atoms with Gasteiger partial charge in [0, 0.05) is 49.2 Å². The van der Waals surface area contributed by atoms with Crippen LogP contribution >= 0.6 is 0 Å². The number of nitrogens with one attached hydrogen (secondary N) is 1. The first-order chi connectivity index (χ1) is 9.76. The lowest BCUT2D eigenvalue weighted by molar-refractivity contribution is -0.153. The minimum atomic E-state index is -0.307. The molecule has 4 heteroatoms. The van der Waals surface area contributed by atoms with Gasteiger partial charge in [-0.25, -0.2) is 0 Å². The third-order valence-electron chi connectivity index (χ3n) is 5.29. The van der Waals surface area contributed by atoms with Crippen molar-refractivity contribution >= 4 is 16.7 Å². The molecule has 0 radical (unpaired) electrons. The molecule has 4 aliphatic rings. The van der Waals surface area contributed by atoms with E-state index >= 15 is 0 Å². The van der Waals surface area contributed by atoms with E-state index in [1.165, 1.54) is 10.9 Å². The van der Waals surface area contributed by atoms with Crippen molar-refractivity contribution in [3.05, 3.63) is 36.0 Å². The molecule has 4 fully saturated rings. The lowest BCUT2D eigenvalue weighted by Gasteiger charge is -2.58. The molecule has 0 saturated carbocycles. The Hall–Kier alpha value is -1.65. The quantitative estimate of drug-likeness (QED) is 0.843. The highest BCUT2D eigenvalue weighted by Crippen LogP contribution is 2.44. The molecule has 20 heavy (non-hydrogen) atoms. The average Bonchev–Trinajstić information content (AvgIpc) is 2.88. The highest BCUT2D eigenvalue weighted by atomic mass is 16.1. The number of piperidine rings is 2. The van der Waals surface area contributed by atoms with Gasteiger partial charge in [0.25, 0.3) is 0 Å². The molecule has 2 unspecified atom stereocenters. The minimum Gasteiger partial charge on any atom is -0.361 e. The Bertz CT molecular complexity index is 705. The van der Waals surface area contributed by atoms with Crippen LogP contribution in [-0.2, 0) is 10.2 Å². The SMILES string of the molecule is O=C1C2CN3CN(C2)CC1(c1c[nH]c2ccccc12)C3. The molecule has 2 aromatic rings. The summed E-state index contributed by atoms with van der Waals surface area (Å²) in [5.74, 6) is 0.675. The Morgan fingerprint density at radius 1 is 1.15 bits per heavy atom. The number of hydrogen-bond donors (Lipinski definition) is 1. The summed E-state index contributed by atoms with van der Waals surface area (Å²) in [5, 5.41) is 1.21. The number of carbonyl (C=O) groups excluding carboxylic acids is 1. The van der Waals surface area contributed by atoms with Crippen molar-refractivity contribution in [1.82, 2.24) is 14.8 Å². The van der Waals surface area contributed by atoms with Crippen molar-refractivity contribution in [1.29, 1.82) is 0 Å². The van der Waals surface area contributed by atoms with E-state index in [9.17, 15) is 4.79 Å². The molecule has 2 atom stereocenters. The van der Waals surface area contributed by atoms with Crippen LogP contribution in [0.5, 0.6) is 0 Å². The first-order valence-electron chi connectivity index (χ1n) is 7.32. The zero-order valence-corrected chi connectivity index (χ0v) is 11.3. The van der Waals surface area contributed by atoms with Gasteiger partial charge in [-0.1, -0.05) is 18.2 Å². The van der Waals surface area contributed by atoms with Crippen LogP contribution in [0.1, 0.15) is 5.56 Å². The summed E-state index contributed by atoms with van der Waals surface area (Å²) in [6.45, 7) is 4.73. The van der Waals surface area contributed by atoms with Crippen molar-refractivity contribution in [2.45, 2.75) is 5.41 Å². The number of ketones is 1. The summed E-state index contributed by atoms with van der Waals surface area (Å²) >= 11 is 0. The van der Waals surface area contributed by atoms with E-state index in [2.05, 4.69) is 39.2 Å². The molecule has 0 spiro atoms. The van der Waals surface area contributed by atoms with Gasteiger partial charge in [0.15, 0.2) is 5.78 Å². The van der Waals surface area contributed by atoms with Gasteiger partial charge in [-0.15, -0.1) is 0 Å². The molecule has 6 rings (SSSR count). The van der Waals surface area contributed by atoms with Crippen LogP contribution < -0.4 is 0 Å². The van der Waals surface area contributed by atoms with E-state index in [4.69, 9.17) is 0 Å². The number of hydrogen-bond acceptors (Lipinski definition) is 3. The molecule has 0 amide bonds. The summed E-state index contributed by atoms with van der Waals surface area (Å²) in [5.41, 5.74) is 2.03. The number of Topliss-reactive ketones (excluding diaryl/α,β-unsaturated/α-hetero) is 1. The third-order valence-corrected chi connectivity index (χ3v) is 5.29. The number of H-pyrrole nitrogens is 1. The molecular formula is C16H17N3O. The number of rotatable bonds is 1. The van der Waals surface area contributed by atoms with Gasteiger partial charge in [0.05, 0.1) is 12.1 Å². The Morgan fingerprint density at radius 2 is 1.90 bits per heavy atom. The molecule has 4 nitrogen and oxygen atoms in total. The molecule has 0 aliphatic carbocycles. The first-order valence-corrected chi connectivity index (χ1v) is 7.32. The number of aromatic nitrogens is 1. The van der Waals surface area contributed by atoms with Crippen molar-refractivity contribution in [2.24, 2.45) is 5.92 Å². The maximum Gasteiger partial charge on any atom is 0.151 e. The van der Waals surface area contributed by atoms with E-state index in [0.717, 1.165) is 38.4 Å². The van der Waals surface area contributed by atoms with Gasteiger partial charge < -0.3 is 4.98 Å². The van der Waals surface area contributed by atoms with Crippen molar-refractivity contribution < 1.29 is 4.79 Å². The average molecular weight is 267 g/mol. The van der Waals surface area contributed by atoms with Crippen LogP contribution in [0.25, 0.3) is 10.9 Å². The van der Waals surface area contributed by atoms with Crippen LogP contribution in [0.3, 0.4) is 0 Å². The van der Waals surface area contributed by atoms with Gasteiger partial charge >= 0.3 is 0 Å². The van der Waals surface area contributed by atoms with Gasteiger partial charge in [0.2, 0.25) is 0 Å². The molecular weight excluding hydrogens is 250 g/mol. The lowest BCUT2D eigenvalue weighted by Crippen LogP contribution is -2.73. The Labute approximate surface area is 117 Å².